The molecule has 2 saturated heterocycles. The predicted molar refractivity (Wildman–Crippen MR) is 121 cm³/mol. The number of amides is 1. The minimum Gasteiger partial charge on any atom is -0.371 e. The van der Waals surface area contributed by atoms with E-state index in [0.29, 0.717) is 6.42 Å². The largest absolute Gasteiger partial charge is 0.371 e. The molecule has 0 spiro atoms. The fourth-order valence-electron chi connectivity index (χ4n) is 3.29. The molecule has 2 fully saturated rings. The maximum atomic E-state index is 11.9. The molecule has 27 heavy (non-hydrogen) atoms. The number of carbonyl (C=O) groups is 1. The lowest BCUT2D eigenvalue weighted by Crippen LogP contribution is -2.25. The van der Waals surface area contributed by atoms with Gasteiger partial charge in [0.15, 0.2) is 0 Å². The molecule has 1 aromatic rings. The highest BCUT2D eigenvalue weighted by Gasteiger charge is 2.25. The summed E-state index contributed by atoms with van der Waals surface area (Å²) in [4.78, 5) is 18.3. The predicted octanol–water partition coefficient (Wildman–Crippen LogP) is 5.26. The normalized spacial score (nSPS) is 15.6. The summed E-state index contributed by atoms with van der Waals surface area (Å²) < 4.78 is 0. The number of hydrogen-bond acceptors (Lipinski definition) is 3. The minimum absolute atomic E-state index is 0.274. The van der Waals surface area contributed by atoms with Crippen molar-refractivity contribution < 1.29 is 4.79 Å². The SMILES string of the molecule is CC.CC.CN(C)C.Cc1c(N2CCCC2)ccc(N2CCCC2=O)c1C. The van der Waals surface area contributed by atoms with Gasteiger partial charge in [-0.05, 0) is 77.5 Å². The lowest BCUT2D eigenvalue weighted by molar-refractivity contribution is -0.117. The first-order valence-electron chi connectivity index (χ1n) is 10.7. The molecule has 2 aliphatic rings. The first-order chi connectivity index (χ1) is 12.9. The second-order valence-corrected chi connectivity index (χ2v) is 7.04. The molecule has 0 radical (unpaired) electrons. The van der Waals surface area contributed by atoms with E-state index >= 15 is 0 Å². The lowest BCUT2D eigenvalue weighted by atomic mass is 10.0. The monoisotopic (exact) mass is 377 g/mol. The van der Waals surface area contributed by atoms with E-state index in [9.17, 15) is 4.79 Å². The topological polar surface area (TPSA) is 26.8 Å². The van der Waals surface area contributed by atoms with Crippen molar-refractivity contribution in [1.82, 2.24) is 4.90 Å². The third-order valence-corrected chi connectivity index (χ3v) is 4.54. The summed E-state index contributed by atoms with van der Waals surface area (Å²) in [7, 11) is 6.00. The number of nitrogens with zero attached hydrogens (tertiary/aromatic N) is 3. The van der Waals surface area contributed by atoms with Crippen LogP contribution in [0.1, 0.15) is 64.5 Å². The zero-order valence-electron chi connectivity index (χ0n) is 19.4. The van der Waals surface area contributed by atoms with Crippen LogP contribution in [0, 0.1) is 13.8 Å². The number of anilines is 2. The van der Waals surface area contributed by atoms with Crippen LogP contribution in [0.2, 0.25) is 0 Å². The Morgan fingerprint density at radius 3 is 1.67 bits per heavy atom. The van der Waals surface area contributed by atoms with E-state index < -0.39 is 0 Å². The molecule has 1 amide bonds. The van der Waals surface area contributed by atoms with Crippen molar-refractivity contribution in [1.29, 1.82) is 0 Å². The van der Waals surface area contributed by atoms with E-state index in [2.05, 4.69) is 30.9 Å². The molecule has 2 heterocycles. The van der Waals surface area contributed by atoms with Crippen LogP contribution >= 0.6 is 0 Å². The van der Waals surface area contributed by atoms with Crippen LogP contribution in [0.4, 0.5) is 11.4 Å². The van der Waals surface area contributed by atoms with Gasteiger partial charge < -0.3 is 14.7 Å². The number of benzene rings is 1. The van der Waals surface area contributed by atoms with E-state index in [-0.39, 0.29) is 5.91 Å². The second kappa shape index (κ2) is 13.6. The molecule has 4 nitrogen and oxygen atoms in total. The first-order valence-corrected chi connectivity index (χ1v) is 10.7. The van der Waals surface area contributed by atoms with Gasteiger partial charge in [-0.15, -0.1) is 0 Å². The highest BCUT2D eigenvalue weighted by molar-refractivity contribution is 5.96. The van der Waals surface area contributed by atoms with Crippen molar-refractivity contribution in [3.8, 4) is 0 Å². The molecule has 3 rings (SSSR count). The number of rotatable bonds is 2. The summed E-state index contributed by atoms with van der Waals surface area (Å²) in [5, 5.41) is 0. The third kappa shape index (κ3) is 7.53. The van der Waals surface area contributed by atoms with E-state index in [1.807, 2.05) is 58.6 Å². The van der Waals surface area contributed by atoms with Crippen molar-refractivity contribution in [2.45, 2.75) is 67.2 Å². The Morgan fingerprint density at radius 2 is 1.22 bits per heavy atom. The molecule has 0 saturated carbocycles. The molecule has 0 unspecified atom stereocenters. The van der Waals surface area contributed by atoms with E-state index in [1.165, 1.54) is 42.7 Å². The van der Waals surface area contributed by atoms with Gasteiger partial charge in [0, 0.05) is 37.4 Å². The summed E-state index contributed by atoms with van der Waals surface area (Å²) >= 11 is 0. The lowest BCUT2D eigenvalue weighted by Gasteiger charge is -2.25. The van der Waals surface area contributed by atoms with Crippen LogP contribution in [0.3, 0.4) is 0 Å². The second-order valence-electron chi connectivity index (χ2n) is 7.04. The zero-order chi connectivity index (χ0) is 21.0. The molecule has 1 aromatic carbocycles. The van der Waals surface area contributed by atoms with E-state index in [0.717, 1.165) is 18.7 Å². The molecule has 156 valence electrons. The van der Waals surface area contributed by atoms with Gasteiger partial charge in [-0.25, -0.2) is 0 Å². The van der Waals surface area contributed by atoms with Gasteiger partial charge >= 0.3 is 0 Å². The molecule has 0 atom stereocenters. The standard InChI is InChI=1S/C16H22N2O.C3H9N.2C2H6/c1-12-13(2)15(18-11-5-6-16(18)19)8-7-14(12)17-9-3-4-10-17;1-4(2)3;2*1-2/h7-8H,3-6,9-11H2,1-2H3;1-3H3;2*1-2H3. The Bertz CT molecular complexity index is 546. The molecule has 0 N–H and O–H groups in total. The molecule has 0 aliphatic carbocycles. The van der Waals surface area contributed by atoms with Crippen molar-refractivity contribution in [2.75, 3.05) is 50.6 Å². The average Bonchev–Trinajstić information content (AvgIpc) is 3.32. The van der Waals surface area contributed by atoms with E-state index in [4.69, 9.17) is 0 Å². The van der Waals surface area contributed by atoms with Gasteiger partial charge in [-0.2, -0.15) is 0 Å². The molecule has 4 heteroatoms. The zero-order valence-corrected chi connectivity index (χ0v) is 19.4. The summed E-state index contributed by atoms with van der Waals surface area (Å²) in [5.41, 5.74) is 5.06. The Kier molecular flexibility index (Phi) is 12.8. The number of hydrogen-bond donors (Lipinski definition) is 0. The number of carbonyl (C=O) groups excluding carboxylic acids is 1. The van der Waals surface area contributed by atoms with Crippen molar-refractivity contribution in [2.24, 2.45) is 0 Å². The van der Waals surface area contributed by atoms with E-state index in [1.54, 1.807) is 0 Å². The highest BCUT2D eigenvalue weighted by Crippen LogP contribution is 2.34. The minimum atomic E-state index is 0.274. The Labute approximate surface area is 168 Å². The van der Waals surface area contributed by atoms with Crippen LogP contribution in [0.5, 0.6) is 0 Å². The summed E-state index contributed by atoms with van der Waals surface area (Å²) in [6.45, 7) is 15.6. The van der Waals surface area contributed by atoms with Gasteiger partial charge in [0.05, 0.1) is 0 Å². The molecular weight excluding hydrogens is 334 g/mol. The van der Waals surface area contributed by atoms with Crippen LogP contribution < -0.4 is 9.80 Å². The Morgan fingerprint density at radius 1 is 0.778 bits per heavy atom. The first kappa shape index (κ1) is 25.4. The smallest absolute Gasteiger partial charge is 0.227 e. The Balaban J connectivity index is 0.000000737. The fraction of sp³-hybridized carbons (Fsp3) is 0.696. The van der Waals surface area contributed by atoms with Gasteiger partial charge in [0.2, 0.25) is 5.91 Å². The van der Waals surface area contributed by atoms with Crippen LogP contribution in [0.15, 0.2) is 12.1 Å². The van der Waals surface area contributed by atoms with Gasteiger partial charge in [-0.1, -0.05) is 27.7 Å². The highest BCUT2D eigenvalue weighted by atomic mass is 16.2. The van der Waals surface area contributed by atoms with Crippen molar-refractivity contribution in [3.05, 3.63) is 23.3 Å². The van der Waals surface area contributed by atoms with Crippen LogP contribution in [-0.4, -0.2) is 51.6 Å². The molecule has 2 aliphatic heterocycles. The van der Waals surface area contributed by atoms with Crippen LogP contribution in [-0.2, 0) is 4.79 Å². The molecular formula is C23H43N3O. The van der Waals surface area contributed by atoms with Crippen molar-refractivity contribution in [3.63, 3.8) is 0 Å². The maximum Gasteiger partial charge on any atom is 0.227 e. The van der Waals surface area contributed by atoms with Gasteiger partial charge in [0.25, 0.3) is 0 Å². The summed E-state index contributed by atoms with van der Waals surface area (Å²) in [6.07, 6.45) is 4.28. The quantitative estimate of drug-likeness (QED) is 0.703. The average molecular weight is 378 g/mol. The maximum absolute atomic E-state index is 11.9. The van der Waals surface area contributed by atoms with Crippen LogP contribution in [0.25, 0.3) is 0 Å². The van der Waals surface area contributed by atoms with Gasteiger partial charge in [0.1, 0.15) is 0 Å². The molecule has 0 bridgehead atoms. The van der Waals surface area contributed by atoms with Gasteiger partial charge in [-0.3, -0.25) is 4.79 Å². The summed E-state index contributed by atoms with van der Waals surface area (Å²) in [6, 6.07) is 4.34. The third-order valence-electron chi connectivity index (χ3n) is 4.54. The Hall–Kier alpha value is -1.55. The van der Waals surface area contributed by atoms with Crippen molar-refractivity contribution >= 4 is 17.3 Å². The summed E-state index contributed by atoms with van der Waals surface area (Å²) in [5.74, 6) is 0.274. The fourth-order valence-corrected chi connectivity index (χ4v) is 3.29. The molecule has 0 aromatic heterocycles.